The fourth-order valence-corrected chi connectivity index (χ4v) is 5.32. The molecule has 10 nitrogen and oxygen atoms in total. The second kappa shape index (κ2) is 10.4. The first kappa shape index (κ1) is 24.0. The minimum absolute atomic E-state index is 0.0353. The number of amides is 1. The largest absolute Gasteiger partial charge is 0.492 e. The Bertz CT molecular complexity index is 1180. The molecule has 0 aliphatic carbocycles. The third-order valence-corrected chi connectivity index (χ3v) is 6.97. The maximum Gasteiger partial charge on any atom is 0.270 e. The summed E-state index contributed by atoms with van der Waals surface area (Å²) in [6.07, 6.45) is 1.95. The zero-order valence-electron chi connectivity index (χ0n) is 19.1. The first-order chi connectivity index (χ1) is 16.4. The number of methoxy groups -OCH3 is 1. The monoisotopic (exact) mass is 487 g/mol. The molecule has 0 spiro atoms. The molecule has 2 aromatic rings. The number of fused-ring (bicyclic) bond motifs is 1. The fourth-order valence-electron chi connectivity index (χ4n) is 4.23. The van der Waals surface area contributed by atoms with E-state index in [2.05, 4.69) is 19.6 Å². The maximum absolute atomic E-state index is 12.3. The van der Waals surface area contributed by atoms with Crippen LogP contribution >= 0.6 is 0 Å². The highest BCUT2D eigenvalue weighted by Gasteiger charge is 2.27. The van der Waals surface area contributed by atoms with Crippen molar-refractivity contribution in [3.05, 3.63) is 53.2 Å². The van der Waals surface area contributed by atoms with Crippen LogP contribution in [-0.2, 0) is 20.5 Å². The van der Waals surface area contributed by atoms with Gasteiger partial charge in [-0.2, -0.15) is 0 Å². The lowest BCUT2D eigenvalue weighted by Crippen LogP contribution is -2.38. The van der Waals surface area contributed by atoms with Crippen LogP contribution in [0.3, 0.4) is 0 Å². The van der Waals surface area contributed by atoms with Gasteiger partial charge in [-0.1, -0.05) is 18.2 Å². The van der Waals surface area contributed by atoms with Crippen LogP contribution in [0.1, 0.15) is 34.5 Å². The molecule has 0 saturated carbocycles. The van der Waals surface area contributed by atoms with Gasteiger partial charge in [0.15, 0.2) is 0 Å². The number of hydrogen-bond acceptors (Lipinski definition) is 8. The van der Waals surface area contributed by atoms with E-state index in [1.165, 1.54) is 0 Å². The minimum atomic E-state index is -3.59. The van der Waals surface area contributed by atoms with Crippen molar-refractivity contribution in [2.75, 3.05) is 44.9 Å². The lowest BCUT2D eigenvalue weighted by Gasteiger charge is -2.33. The molecule has 1 aromatic heterocycles. The molecular formula is C23H29N5O5S. The van der Waals surface area contributed by atoms with E-state index in [9.17, 15) is 13.2 Å². The number of benzene rings is 1. The number of sulfonamides is 1. The summed E-state index contributed by atoms with van der Waals surface area (Å²) in [5, 5.41) is 2.79. The Balaban J connectivity index is 1.41. The topological polar surface area (TPSA) is 136 Å². The molecular weight excluding hydrogens is 458 g/mol. The summed E-state index contributed by atoms with van der Waals surface area (Å²) in [7, 11) is -2.01. The molecule has 0 unspecified atom stereocenters. The van der Waals surface area contributed by atoms with Crippen molar-refractivity contribution in [3.8, 4) is 5.75 Å². The summed E-state index contributed by atoms with van der Waals surface area (Å²) in [6.45, 7) is 2.89. The highest BCUT2D eigenvalue weighted by Crippen LogP contribution is 2.29. The highest BCUT2D eigenvalue weighted by molar-refractivity contribution is 7.89. The van der Waals surface area contributed by atoms with Crippen LogP contribution in [-0.4, -0.2) is 65.1 Å². The average molecular weight is 488 g/mol. The number of nitrogens with two attached hydrogens (primary N) is 1. The van der Waals surface area contributed by atoms with E-state index >= 15 is 0 Å². The molecule has 3 heterocycles. The number of rotatable bonds is 8. The third-order valence-electron chi connectivity index (χ3n) is 5.82. The van der Waals surface area contributed by atoms with Gasteiger partial charge in [-0.15, -0.1) is 4.40 Å². The Hall–Kier alpha value is -3.18. The number of hydrogen-bond donors (Lipinski definition) is 2. The third kappa shape index (κ3) is 5.65. The number of carbonyl (C=O) groups is 1. The van der Waals surface area contributed by atoms with Crippen LogP contribution < -0.4 is 20.7 Å². The molecule has 1 saturated heterocycles. The van der Waals surface area contributed by atoms with Crippen LogP contribution in [0.15, 0.2) is 40.8 Å². The number of amidine groups is 1. The summed E-state index contributed by atoms with van der Waals surface area (Å²) < 4.78 is 38.5. The summed E-state index contributed by atoms with van der Waals surface area (Å²) in [5.74, 6) is 1.08. The molecule has 2 aliphatic rings. The van der Waals surface area contributed by atoms with Gasteiger partial charge in [0, 0.05) is 32.7 Å². The van der Waals surface area contributed by atoms with Crippen LogP contribution in [0.25, 0.3) is 0 Å². The molecule has 34 heavy (non-hydrogen) atoms. The zero-order valence-corrected chi connectivity index (χ0v) is 19.9. The molecule has 1 aromatic carbocycles. The van der Waals surface area contributed by atoms with Gasteiger partial charge in [0.1, 0.15) is 23.1 Å². The first-order valence-corrected chi connectivity index (χ1v) is 12.8. The lowest BCUT2D eigenvalue weighted by atomic mass is 9.98. The summed E-state index contributed by atoms with van der Waals surface area (Å²) in [5.41, 5.74) is 7.46. The van der Waals surface area contributed by atoms with Crippen molar-refractivity contribution >= 4 is 27.6 Å². The van der Waals surface area contributed by atoms with Crippen LogP contribution in [0.5, 0.6) is 5.75 Å². The van der Waals surface area contributed by atoms with Gasteiger partial charge < -0.3 is 25.4 Å². The summed E-state index contributed by atoms with van der Waals surface area (Å²) >= 11 is 0. The molecule has 11 heteroatoms. The van der Waals surface area contributed by atoms with Gasteiger partial charge >= 0.3 is 0 Å². The van der Waals surface area contributed by atoms with Crippen molar-refractivity contribution < 1.29 is 22.7 Å². The Morgan fingerprint density at radius 3 is 2.91 bits per heavy atom. The van der Waals surface area contributed by atoms with Gasteiger partial charge in [0.25, 0.3) is 15.9 Å². The Labute approximate surface area is 199 Å². The maximum atomic E-state index is 12.3. The van der Waals surface area contributed by atoms with Gasteiger partial charge in [0.05, 0.1) is 24.5 Å². The lowest BCUT2D eigenvalue weighted by molar-refractivity contribution is 0.0932. The molecule has 0 radical (unpaired) electrons. The van der Waals surface area contributed by atoms with Crippen LogP contribution in [0.2, 0.25) is 0 Å². The van der Waals surface area contributed by atoms with E-state index in [4.69, 9.17) is 15.2 Å². The van der Waals surface area contributed by atoms with E-state index in [0.29, 0.717) is 42.3 Å². The number of nitrogens with one attached hydrogen (secondary N) is 1. The van der Waals surface area contributed by atoms with Crippen molar-refractivity contribution in [1.82, 2.24) is 10.3 Å². The quantitative estimate of drug-likeness (QED) is 0.532. The Morgan fingerprint density at radius 1 is 1.26 bits per heavy atom. The van der Waals surface area contributed by atoms with Crippen molar-refractivity contribution in [2.45, 2.75) is 18.6 Å². The molecule has 182 valence electrons. The number of ether oxygens (including phenoxy) is 2. The second-order valence-electron chi connectivity index (χ2n) is 8.39. The smallest absolute Gasteiger partial charge is 0.270 e. The Morgan fingerprint density at radius 2 is 2.09 bits per heavy atom. The van der Waals surface area contributed by atoms with Crippen LogP contribution in [0, 0.1) is 5.92 Å². The average Bonchev–Trinajstić information content (AvgIpc) is 2.82. The molecule has 1 amide bonds. The number of pyridine rings is 1. The normalized spacial score (nSPS) is 19.1. The molecule has 0 bridgehead atoms. The number of piperidine rings is 1. The predicted molar refractivity (Wildman–Crippen MR) is 129 cm³/mol. The van der Waals surface area contributed by atoms with E-state index in [0.717, 1.165) is 31.7 Å². The molecule has 1 atom stereocenters. The molecule has 1 fully saturated rings. The SMILES string of the molecule is COCCNC(=O)c1cccc(N2CCC[C@H](COc3cccc4c3C(N)=NS(=O)(=O)C4)C2)n1. The molecule has 2 aliphatic heterocycles. The summed E-state index contributed by atoms with van der Waals surface area (Å²) in [6, 6.07) is 10.7. The van der Waals surface area contributed by atoms with Crippen molar-refractivity contribution in [1.29, 1.82) is 0 Å². The van der Waals surface area contributed by atoms with Gasteiger partial charge in [0.2, 0.25) is 0 Å². The zero-order chi connectivity index (χ0) is 24.1. The number of nitrogens with zero attached hydrogens (tertiary/aromatic N) is 3. The fraction of sp³-hybridized carbons (Fsp3) is 0.435. The summed E-state index contributed by atoms with van der Waals surface area (Å²) in [4.78, 5) is 19.0. The van der Waals surface area contributed by atoms with Gasteiger partial charge in [-0.25, -0.2) is 13.4 Å². The van der Waals surface area contributed by atoms with E-state index < -0.39 is 10.0 Å². The predicted octanol–water partition coefficient (Wildman–Crippen LogP) is 1.30. The first-order valence-electron chi connectivity index (χ1n) is 11.2. The number of anilines is 1. The highest BCUT2D eigenvalue weighted by atomic mass is 32.2. The van der Waals surface area contributed by atoms with Crippen molar-refractivity contribution in [2.24, 2.45) is 16.0 Å². The van der Waals surface area contributed by atoms with E-state index in [1.54, 1.807) is 31.4 Å². The number of carbonyl (C=O) groups excluding carboxylic acids is 1. The second-order valence-corrected chi connectivity index (χ2v) is 10.0. The van der Waals surface area contributed by atoms with E-state index in [1.807, 2.05) is 12.1 Å². The van der Waals surface area contributed by atoms with Gasteiger partial charge in [-0.05, 0) is 36.6 Å². The van der Waals surface area contributed by atoms with Gasteiger partial charge in [-0.3, -0.25) is 4.79 Å². The molecule has 4 rings (SSSR count). The molecule has 3 N–H and O–H groups in total. The standard InChI is InChI=1S/C23H29N5O5S/c1-32-12-10-25-23(29)18-7-3-9-20(26-18)28-11-4-5-16(13-28)14-33-19-8-2-6-17-15-34(30,31)27-22(24)21(17)19/h2-3,6-9,16H,4-5,10-15H2,1H3,(H2,24,27)(H,25,29)/t16-/m0/s1. The van der Waals surface area contributed by atoms with Crippen LogP contribution in [0.4, 0.5) is 5.82 Å². The minimum Gasteiger partial charge on any atom is -0.492 e. The van der Waals surface area contributed by atoms with E-state index in [-0.39, 0.29) is 23.4 Å². The Kier molecular flexibility index (Phi) is 7.32. The number of aromatic nitrogens is 1. The van der Waals surface area contributed by atoms with Crippen molar-refractivity contribution in [3.63, 3.8) is 0 Å².